The molecular weight excluding hydrogens is 410 g/mol. The van der Waals surface area contributed by atoms with Crippen molar-refractivity contribution in [2.75, 3.05) is 41.0 Å². The summed E-state index contributed by atoms with van der Waals surface area (Å²) >= 11 is 0. The van der Waals surface area contributed by atoms with Crippen LogP contribution in [0.4, 0.5) is 0 Å². The monoisotopic (exact) mass is 439 g/mol. The Morgan fingerprint density at radius 2 is 1.78 bits per heavy atom. The molecule has 0 saturated carbocycles. The molecule has 2 aromatic carbocycles. The second-order valence-electron chi connectivity index (χ2n) is 7.44. The Morgan fingerprint density at radius 3 is 2.41 bits per heavy atom. The SMILES string of the molecule is COCCN(CC(=O)N1N=C(c2cccc(OC)c2)CC1c1ccc(OC)cc1)C(C)=O. The maximum Gasteiger partial charge on any atom is 0.262 e. The van der Waals surface area contributed by atoms with E-state index in [1.54, 1.807) is 21.3 Å². The Morgan fingerprint density at radius 1 is 1.06 bits per heavy atom. The van der Waals surface area contributed by atoms with Crippen LogP contribution in [-0.2, 0) is 14.3 Å². The highest BCUT2D eigenvalue weighted by atomic mass is 16.5. The van der Waals surface area contributed by atoms with E-state index < -0.39 is 0 Å². The number of rotatable bonds is 9. The van der Waals surface area contributed by atoms with Crippen LogP contribution in [0.15, 0.2) is 53.6 Å². The van der Waals surface area contributed by atoms with Gasteiger partial charge in [-0.05, 0) is 29.8 Å². The molecule has 0 aromatic heterocycles. The average molecular weight is 440 g/mol. The topological polar surface area (TPSA) is 80.7 Å². The zero-order valence-corrected chi connectivity index (χ0v) is 18.9. The molecule has 1 aliphatic rings. The lowest BCUT2D eigenvalue weighted by Crippen LogP contribution is -2.41. The first-order chi connectivity index (χ1) is 15.5. The number of hydrazone groups is 1. The van der Waals surface area contributed by atoms with Gasteiger partial charge in [-0.15, -0.1) is 0 Å². The van der Waals surface area contributed by atoms with Crippen LogP contribution in [0.3, 0.4) is 0 Å². The van der Waals surface area contributed by atoms with Crippen molar-refractivity contribution in [3.8, 4) is 11.5 Å². The average Bonchev–Trinajstić information content (AvgIpc) is 3.27. The second-order valence-corrected chi connectivity index (χ2v) is 7.44. The smallest absolute Gasteiger partial charge is 0.262 e. The predicted octanol–water partition coefficient (Wildman–Crippen LogP) is 2.88. The zero-order chi connectivity index (χ0) is 23.1. The maximum absolute atomic E-state index is 13.3. The van der Waals surface area contributed by atoms with Gasteiger partial charge in [0.05, 0.1) is 32.6 Å². The first-order valence-electron chi connectivity index (χ1n) is 10.4. The quantitative estimate of drug-likeness (QED) is 0.600. The van der Waals surface area contributed by atoms with Gasteiger partial charge in [0.15, 0.2) is 0 Å². The van der Waals surface area contributed by atoms with E-state index in [0.717, 1.165) is 28.3 Å². The lowest BCUT2D eigenvalue weighted by Gasteiger charge is -2.26. The van der Waals surface area contributed by atoms with Crippen molar-refractivity contribution in [1.29, 1.82) is 0 Å². The first kappa shape index (κ1) is 23.3. The van der Waals surface area contributed by atoms with E-state index in [2.05, 4.69) is 5.10 Å². The predicted molar refractivity (Wildman–Crippen MR) is 121 cm³/mol. The van der Waals surface area contributed by atoms with Gasteiger partial charge in [-0.2, -0.15) is 5.10 Å². The molecule has 1 unspecified atom stereocenters. The minimum Gasteiger partial charge on any atom is -0.497 e. The summed E-state index contributed by atoms with van der Waals surface area (Å²) in [4.78, 5) is 26.7. The van der Waals surface area contributed by atoms with Crippen LogP contribution in [0.2, 0.25) is 0 Å². The normalized spacial score (nSPS) is 15.3. The molecule has 1 atom stereocenters. The number of carbonyl (C=O) groups is 2. The Balaban J connectivity index is 1.90. The Hall–Kier alpha value is -3.39. The van der Waals surface area contributed by atoms with Gasteiger partial charge in [0.2, 0.25) is 5.91 Å². The van der Waals surface area contributed by atoms with Crippen LogP contribution in [0.25, 0.3) is 0 Å². The van der Waals surface area contributed by atoms with E-state index in [1.165, 1.54) is 16.8 Å². The van der Waals surface area contributed by atoms with Gasteiger partial charge in [-0.3, -0.25) is 9.59 Å². The summed E-state index contributed by atoms with van der Waals surface area (Å²) in [5.41, 5.74) is 2.61. The molecule has 0 saturated heterocycles. The highest BCUT2D eigenvalue weighted by Crippen LogP contribution is 2.34. The fourth-order valence-corrected chi connectivity index (χ4v) is 3.59. The molecule has 8 nitrogen and oxygen atoms in total. The molecule has 1 heterocycles. The zero-order valence-electron chi connectivity index (χ0n) is 18.9. The molecule has 32 heavy (non-hydrogen) atoms. The van der Waals surface area contributed by atoms with Gasteiger partial charge >= 0.3 is 0 Å². The van der Waals surface area contributed by atoms with Crippen molar-refractivity contribution < 1.29 is 23.8 Å². The molecular formula is C24H29N3O5. The van der Waals surface area contributed by atoms with E-state index in [-0.39, 0.29) is 24.4 Å². The van der Waals surface area contributed by atoms with Crippen molar-refractivity contribution in [2.24, 2.45) is 5.10 Å². The van der Waals surface area contributed by atoms with Gasteiger partial charge < -0.3 is 19.1 Å². The van der Waals surface area contributed by atoms with Gasteiger partial charge in [0.25, 0.3) is 5.91 Å². The largest absolute Gasteiger partial charge is 0.497 e. The lowest BCUT2D eigenvalue weighted by atomic mass is 9.98. The van der Waals surface area contributed by atoms with E-state index >= 15 is 0 Å². The summed E-state index contributed by atoms with van der Waals surface area (Å²) in [6.45, 7) is 2.07. The Bertz CT molecular complexity index is 974. The summed E-state index contributed by atoms with van der Waals surface area (Å²) in [5, 5.41) is 6.16. The van der Waals surface area contributed by atoms with Crippen molar-refractivity contribution in [3.05, 3.63) is 59.7 Å². The number of nitrogens with zero attached hydrogens (tertiary/aromatic N) is 3. The number of amides is 2. The van der Waals surface area contributed by atoms with Crippen LogP contribution in [-0.4, -0.2) is 68.5 Å². The standard InChI is InChI=1S/C24H29N3O5/c1-17(28)26(12-13-30-2)16-24(29)27-23(18-8-10-20(31-3)11-9-18)15-22(25-27)19-6-5-7-21(14-19)32-4/h5-11,14,23H,12-13,15-16H2,1-4H3. The van der Waals surface area contributed by atoms with Crippen LogP contribution in [0.5, 0.6) is 11.5 Å². The molecule has 0 bridgehead atoms. The first-order valence-corrected chi connectivity index (χ1v) is 10.4. The molecule has 0 N–H and O–H groups in total. The maximum atomic E-state index is 13.3. The minimum atomic E-state index is -0.286. The highest BCUT2D eigenvalue weighted by Gasteiger charge is 2.34. The minimum absolute atomic E-state index is 0.0692. The number of carbonyl (C=O) groups excluding carboxylic acids is 2. The van der Waals surface area contributed by atoms with Crippen LogP contribution in [0, 0.1) is 0 Å². The summed E-state index contributed by atoms with van der Waals surface area (Å²) < 4.78 is 15.7. The molecule has 3 rings (SSSR count). The number of hydrogen-bond donors (Lipinski definition) is 0. The van der Waals surface area contributed by atoms with Crippen molar-refractivity contribution >= 4 is 17.5 Å². The van der Waals surface area contributed by atoms with E-state index in [9.17, 15) is 9.59 Å². The second kappa shape index (κ2) is 10.8. The Labute approximate surface area is 188 Å². The third-order valence-corrected chi connectivity index (χ3v) is 5.41. The molecule has 170 valence electrons. The van der Waals surface area contributed by atoms with Crippen molar-refractivity contribution in [3.63, 3.8) is 0 Å². The highest BCUT2D eigenvalue weighted by molar-refractivity contribution is 6.03. The number of ether oxygens (including phenoxy) is 3. The summed E-state index contributed by atoms with van der Waals surface area (Å²) in [6.07, 6.45) is 0.545. The van der Waals surface area contributed by atoms with E-state index in [4.69, 9.17) is 14.2 Å². The molecule has 0 aliphatic carbocycles. The molecule has 2 amide bonds. The third kappa shape index (κ3) is 5.45. The van der Waals surface area contributed by atoms with Gasteiger partial charge in [-0.1, -0.05) is 24.3 Å². The summed E-state index contributed by atoms with van der Waals surface area (Å²) in [6, 6.07) is 14.9. The number of hydrogen-bond acceptors (Lipinski definition) is 6. The molecule has 1 aliphatic heterocycles. The van der Waals surface area contributed by atoms with E-state index in [1.807, 2.05) is 48.5 Å². The molecule has 2 aromatic rings. The van der Waals surface area contributed by atoms with Gasteiger partial charge in [-0.25, -0.2) is 5.01 Å². The van der Waals surface area contributed by atoms with Crippen LogP contribution in [0.1, 0.15) is 30.5 Å². The third-order valence-electron chi connectivity index (χ3n) is 5.41. The van der Waals surface area contributed by atoms with Gasteiger partial charge in [0, 0.05) is 32.6 Å². The molecule has 0 spiro atoms. The number of benzene rings is 2. The van der Waals surface area contributed by atoms with Crippen LogP contribution >= 0.6 is 0 Å². The van der Waals surface area contributed by atoms with Gasteiger partial charge in [0.1, 0.15) is 18.0 Å². The molecule has 0 fully saturated rings. The summed E-state index contributed by atoms with van der Waals surface area (Å²) in [7, 11) is 4.79. The number of methoxy groups -OCH3 is 3. The van der Waals surface area contributed by atoms with Crippen LogP contribution < -0.4 is 9.47 Å². The summed E-state index contributed by atoms with van der Waals surface area (Å²) in [5.74, 6) is 1.02. The van der Waals surface area contributed by atoms with Crippen molar-refractivity contribution in [2.45, 2.75) is 19.4 Å². The fraction of sp³-hybridized carbons (Fsp3) is 0.375. The Kier molecular flexibility index (Phi) is 7.83. The van der Waals surface area contributed by atoms with E-state index in [0.29, 0.717) is 19.6 Å². The van der Waals surface area contributed by atoms with Crippen molar-refractivity contribution in [1.82, 2.24) is 9.91 Å². The lowest BCUT2D eigenvalue weighted by molar-refractivity contribution is -0.141. The fourth-order valence-electron chi connectivity index (χ4n) is 3.59. The molecule has 8 heteroatoms. The molecule has 0 radical (unpaired) electrons.